The molecular weight excluding hydrogens is 422 g/mol. The van der Waals surface area contributed by atoms with Gasteiger partial charge in [0.2, 0.25) is 0 Å². The summed E-state index contributed by atoms with van der Waals surface area (Å²) in [6, 6.07) is 28.1. The smallest absolute Gasteiger partial charge is 0.322 e. The molecule has 34 heavy (non-hydrogen) atoms. The number of carbonyl (C=O) groups is 1. The molecule has 1 N–H and O–H groups in total. The van der Waals surface area contributed by atoms with Crippen LogP contribution in [0, 0.1) is 0 Å². The third kappa shape index (κ3) is 4.05. The topological polar surface area (TPSA) is 46.5 Å². The number of amides is 2. The number of urea groups is 1. The van der Waals surface area contributed by atoms with Gasteiger partial charge >= 0.3 is 6.03 Å². The van der Waals surface area contributed by atoms with E-state index in [1.54, 1.807) is 7.11 Å². The molecule has 0 bridgehead atoms. The molecule has 0 saturated heterocycles. The monoisotopic (exact) mass is 451 g/mol. The van der Waals surface area contributed by atoms with E-state index >= 15 is 0 Å². The van der Waals surface area contributed by atoms with Crippen molar-refractivity contribution in [3.05, 3.63) is 114 Å². The number of aromatic nitrogens is 1. The summed E-state index contributed by atoms with van der Waals surface area (Å²) in [5.74, 6) is 1.20. The standard InChI is InChI=1S/C29H29N3O2/c1-20(2)21-10-12-22(13-11-21)28-27-9-6-18-31(27)26-8-5-4-7-23(26)19-32(28)29(33)30-24-14-16-25(34-3)17-15-24/h4-18,20,28H,19H2,1-3H3,(H,30,33)/t28-/m1/s1. The van der Waals surface area contributed by atoms with Crippen LogP contribution in [0.15, 0.2) is 91.1 Å². The summed E-state index contributed by atoms with van der Waals surface area (Å²) < 4.78 is 7.46. The van der Waals surface area contributed by atoms with E-state index in [-0.39, 0.29) is 12.1 Å². The highest BCUT2D eigenvalue weighted by molar-refractivity contribution is 5.90. The van der Waals surface area contributed by atoms with Crippen molar-refractivity contribution >= 4 is 11.7 Å². The number of hydrogen-bond acceptors (Lipinski definition) is 2. The van der Waals surface area contributed by atoms with Gasteiger partial charge in [0, 0.05) is 17.6 Å². The van der Waals surface area contributed by atoms with Gasteiger partial charge in [-0.15, -0.1) is 0 Å². The van der Waals surface area contributed by atoms with Gasteiger partial charge in [-0.3, -0.25) is 0 Å². The molecule has 5 nitrogen and oxygen atoms in total. The number of methoxy groups -OCH3 is 1. The third-order valence-corrected chi connectivity index (χ3v) is 6.48. The Hall–Kier alpha value is -3.99. The van der Waals surface area contributed by atoms with Crippen molar-refractivity contribution in [1.29, 1.82) is 0 Å². The Kier molecular flexibility index (Phi) is 5.84. The van der Waals surface area contributed by atoms with Gasteiger partial charge in [-0.2, -0.15) is 0 Å². The molecule has 172 valence electrons. The Morgan fingerprint density at radius 3 is 2.38 bits per heavy atom. The molecule has 0 radical (unpaired) electrons. The lowest BCUT2D eigenvalue weighted by Gasteiger charge is -2.31. The van der Waals surface area contributed by atoms with Gasteiger partial charge in [0.15, 0.2) is 0 Å². The summed E-state index contributed by atoms with van der Waals surface area (Å²) in [4.78, 5) is 15.7. The minimum absolute atomic E-state index is 0.146. The van der Waals surface area contributed by atoms with Gasteiger partial charge in [-0.25, -0.2) is 4.79 Å². The molecule has 0 aliphatic carbocycles. The van der Waals surface area contributed by atoms with Gasteiger partial charge in [0.1, 0.15) is 5.75 Å². The lowest BCUT2D eigenvalue weighted by atomic mass is 9.97. The molecule has 0 saturated carbocycles. The van der Waals surface area contributed by atoms with Crippen LogP contribution in [0.2, 0.25) is 0 Å². The summed E-state index contributed by atoms with van der Waals surface area (Å²) in [7, 11) is 1.63. The first kappa shape index (κ1) is 21.8. The molecule has 1 atom stereocenters. The van der Waals surface area contributed by atoms with Crippen molar-refractivity contribution in [2.45, 2.75) is 32.4 Å². The predicted molar refractivity (Wildman–Crippen MR) is 136 cm³/mol. The number of benzene rings is 3. The Balaban J connectivity index is 1.58. The van der Waals surface area contributed by atoms with Crippen LogP contribution in [0.3, 0.4) is 0 Å². The molecule has 2 heterocycles. The van der Waals surface area contributed by atoms with Crippen molar-refractivity contribution in [3.63, 3.8) is 0 Å². The summed E-state index contributed by atoms with van der Waals surface area (Å²) in [5.41, 5.74) is 6.37. The fourth-order valence-corrected chi connectivity index (χ4v) is 4.62. The predicted octanol–water partition coefficient (Wildman–Crippen LogP) is 6.75. The number of fused-ring (bicyclic) bond motifs is 3. The molecule has 3 aromatic carbocycles. The number of nitrogens with one attached hydrogen (secondary N) is 1. The highest BCUT2D eigenvalue weighted by Crippen LogP contribution is 2.37. The summed E-state index contributed by atoms with van der Waals surface area (Å²) in [5, 5.41) is 3.10. The summed E-state index contributed by atoms with van der Waals surface area (Å²) >= 11 is 0. The normalized spacial score (nSPS) is 14.8. The van der Waals surface area contributed by atoms with Gasteiger partial charge in [-0.1, -0.05) is 56.3 Å². The maximum absolute atomic E-state index is 13.7. The molecule has 1 aliphatic heterocycles. The van der Waals surface area contributed by atoms with Crippen LogP contribution >= 0.6 is 0 Å². The number of hydrogen-bond donors (Lipinski definition) is 1. The number of ether oxygens (including phenoxy) is 1. The van der Waals surface area contributed by atoms with E-state index in [0.29, 0.717) is 12.5 Å². The Morgan fingerprint density at radius 2 is 1.68 bits per heavy atom. The molecule has 0 unspecified atom stereocenters. The van der Waals surface area contributed by atoms with E-state index in [1.165, 1.54) is 5.56 Å². The van der Waals surface area contributed by atoms with Gasteiger partial charge in [-0.05, 0) is 65.1 Å². The second-order valence-electron chi connectivity index (χ2n) is 8.94. The van der Waals surface area contributed by atoms with Crippen LogP contribution in [0.4, 0.5) is 10.5 Å². The first-order chi connectivity index (χ1) is 16.5. The fraction of sp³-hybridized carbons (Fsp3) is 0.207. The number of carbonyl (C=O) groups excluding carboxylic acids is 1. The molecule has 5 heteroatoms. The fourth-order valence-electron chi connectivity index (χ4n) is 4.62. The highest BCUT2D eigenvalue weighted by Gasteiger charge is 2.33. The summed E-state index contributed by atoms with van der Waals surface area (Å²) in [6.07, 6.45) is 2.08. The highest BCUT2D eigenvalue weighted by atomic mass is 16.5. The van der Waals surface area contributed by atoms with Crippen molar-refractivity contribution < 1.29 is 9.53 Å². The molecular formula is C29H29N3O2. The van der Waals surface area contributed by atoms with Crippen molar-refractivity contribution in [2.24, 2.45) is 0 Å². The quantitative estimate of drug-likeness (QED) is 0.373. The maximum atomic E-state index is 13.7. The Labute approximate surface area is 200 Å². The number of para-hydroxylation sites is 1. The largest absolute Gasteiger partial charge is 0.497 e. The van der Waals surface area contributed by atoms with Crippen LogP contribution in [0.5, 0.6) is 5.75 Å². The third-order valence-electron chi connectivity index (χ3n) is 6.48. The average Bonchev–Trinajstić information content (AvgIpc) is 3.29. The first-order valence-electron chi connectivity index (χ1n) is 11.6. The molecule has 1 aromatic heterocycles. The van der Waals surface area contributed by atoms with Gasteiger partial charge < -0.3 is 19.5 Å². The maximum Gasteiger partial charge on any atom is 0.322 e. The number of rotatable bonds is 4. The Morgan fingerprint density at radius 1 is 0.941 bits per heavy atom. The van der Waals surface area contributed by atoms with Crippen LogP contribution in [0.25, 0.3) is 5.69 Å². The summed E-state index contributed by atoms with van der Waals surface area (Å²) in [6.45, 7) is 4.88. The van der Waals surface area contributed by atoms with E-state index in [1.807, 2.05) is 47.4 Å². The molecule has 5 rings (SSSR count). The van der Waals surface area contributed by atoms with Gasteiger partial charge in [0.25, 0.3) is 0 Å². The van der Waals surface area contributed by atoms with E-state index in [2.05, 4.69) is 72.4 Å². The zero-order valence-corrected chi connectivity index (χ0v) is 19.7. The van der Waals surface area contributed by atoms with Crippen LogP contribution in [0.1, 0.15) is 48.2 Å². The second-order valence-corrected chi connectivity index (χ2v) is 8.94. The van der Waals surface area contributed by atoms with Crippen molar-refractivity contribution in [1.82, 2.24) is 9.47 Å². The number of nitrogens with zero attached hydrogens (tertiary/aromatic N) is 2. The van der Waals surface area contributed by atoms with Crippen LogP contribution < -0.4 is 10.1 Å². The molecule has 0 fully saturated rings. The van der Waals surface area contributed by atoms with Crippen LogP contribution in [-0.4, -0.2) is 22.6 Å². The Bertz CT molecular complexity index is 1290. The second kappa shape index (κ2) is 9.10. The van der Waals surface area contributed by atoms with E-state index in [9.17, 15) is 4.79 Å². The SMILES string of the molecule is COc1ccc(NC(=O)N2Cc3ccccc3-n3cccc3[C@H]2c2ccc(C(C)C)cc2)cc1. The lowest BCUT2D eigenvalue weighted by molar-refractivity contribution is 0.194. The lowest BCUT2D eigenvalue weighted by Crippen LogP contribution is -2.37. The molecule has 2 amide bonds. The van der Waals surface area contributed by atoms with E-state index in [0.717, 1.165) is 33.9 Å². The molecule has 0 spiro atoms. The van der Waals surface area contributed by atoms with Crippen molar-refractivity contribution in [2.75, 3.05) is 12.4 Å². The van der Waals surface area contributed by atoms with E-state index < -0.39 is 0 Å². The van der Waals surface area contributed by atoms with Crippen LogP contribution in [-0.2, 0) is 6.54 Å². The zero-order chi connectivity index (χ0) is 23.7. The minimum Gasteiger partial charge on any atom is -0.497 e. The molecule has 1 aliphatic rings. The first-order valence-corrected chi connectivity index (χ1v) is 11.6. The minimum atomic E-state index is -0.234. The van der Waals surface area contributed by atoms with Gasteiger partial charge in [0.05, 0.1) is 25.4 Å². The van der Waals surface area contributed by atoms with E-state index in [4.69, 9.17) is 4.74 Å². The zero-order valence-electron chi connectivity index (χ0n) is 19.7. The molecule has 4 aromatic rings. The average molecular weight is 452 g/mol. The number of anilines is 1. The van der Waals surface area contributed by atoms with Crippen molar-refractivity contribution in [3.8, 4) is 11.4 Å².